The molecule has 0 radical (unpaired) electrons. The van der Waals surface area contributed by atoms with Crippen molar-refractivity contribution >= 4 is 23.6 Å². The van der Waals surface area contributed by atoms with E-state index >= 15 is 0 Å². The zero-order valence-corrected chi connectivity index (χ0v) is 11.8. The standard InChI is InChI=1S/C15H18N2O4/c1-15(21-8-14(19)20)9-17(10-15)13(18)7-4-11-2-5-12(16)6-3-11/h2-7H,8-10,16H2,1H3,(H,19,20)/b7-4+. The molecule has 1 aromatic rings. The Hall–Kier alpha value is -2.34. The Morgan fingerprint density at radius 1 is 1.38 bits per heavy atom. The highest BCUT2D eigenvalue weighted by atomic mass is 16.5. The Balaban J connectivity index is 1.83. The molecule has 0 aromatic heterocycles. The number of aliphatic carboxylic acids is 1. The number of anilines is 1. The molecule has 0 aliphatic carbocycles. The molecular weight excluding hydrogens is 272 g/mol. The van der Waals surface area contributed by atoms with Gasteiger partial charge in [0.15, 0.2) is 0 Å². The van der Waals surface area contributed by atoms with Gasteiger partial charge in [0.05, 0.1) is 13.1 Å². The van der Waals surface area contributed by atoms with Crippen LogP contribution in [-0.2, 0) is 14.3 Å². The lowest BCUT2D eigenvalue weighted by Crippen LogP contribution is -2.63. The van der Waals surface area contributed by atoms with Crippen LogP contribution in [0.3, 0.4) is 0 Å². The number of nitrogen functional groups attached to an aromatic ring is 1. The Morgan fingerprint density at radius 3 is 2.57 bits per heavy atom. The number of rotatable bonds is 5. The van der Waals surface area contributed by atoms with Crippen LogP contribution in [0.5, 0.6) is 0 Å². The van der Waals surface area contributed by atoms with E-state index in [2.05, 4.69) is 0 Å². The summed E-state index contributed by atoms with van der Waals surface area (Å²) in [5.41, 5.74) is 6.59. The number of carboxylic acid groups (broad SMARTS) is 1. The molecule has 1 aromatic carbocycles. The van der Waals surface area contributed by atoms with Crippen molar-refractivity contribution in [2.24, 2.45) is 0 Å². The molecule has 2 rings (SSSR count). The van der Waals surface area contributed by atoms with Gasteiger partial charge in [-0.25, -0.2) is 4.79 Å². The number of ether oxygens (including phenoxy) is 1. The minimum Gasteiger partial charge on any atom is -0.480 e. The van der Waals surface area contributed by atoms with Gasteiger partial charge in [-0.15, -0.1) is 0 Å². The summed E-state index contributed by atoms with van der Waals surface area (Å²) in [6, 6.07) is 7.19. The third kappa shape index (κ3) is 4.06. The van der Waals surface area contributed by atoms with E-state index in [9.17, 15) is 9.59 Å². The van der Waals surface area contributed by atoms with E-state index in [-0.39, 0.29) is 12.5 Å². The number of hydrogen-bond donors (Lipinski definition) is 2. The molecule has 0 saturated carbocycles. The lowest BCUT2D eigenvalue weighted by molar-refractivity contribution is -0.170. The van der Waals surface area contributed by atoms with E-state index in [1.54, 1.807) is 30.0 Å². The highest BCUT2D eigenvalue weighted by Gasteiger charge is 2.42. The number of amides is 1. The molecule has 1 amide bonds. The SMILES string of the molecule is CC1(OCC(=O)O)CN(C(=O)/C=C/c2ccc(N)cc2)C1. The maximum absolute atomic E-state index is 11.9. The first-order valence-corrected chi connectivity index (χ1v) is 6.56. The van der Waals surface area contributed by atoms with Crippen LogP contribution in [0.2, 0.25) is 0 Å². The van der Waals surface area contributed by atoms with Crippen LogP contribution in [0, 0.1) is 0 Å². The summed E-state index contributed by atoms with van der Waals surface area (Å²) >= 11 is 0. The second-order valence-corrected chi connectivity index (χ2v) is 5.33. The number of carboxylic acids is 1. The summed E-state index contributed by atoms with van der Waals surface area (Å²) in [6.07, 6.45) is 3.21. The van der Waals surface area contributed by atoms with Crippen LogP contribution in [0.25, 0.3) is 6.08 Å². The first-order valence-electron chi connectivity index (χ1n) is 6.56. The topological polar surface area (TPSA) is 92.9 Å². The number of carbonyl (C=O) groups excluding carboxylic acids is 1. The molecule has 1 aliphatic heterocycles. The molecule has 0 atom stereocenters. The Kier molecular flexibility index (Phi) is 4.28. The van der Waals surface area contributed by atoms with Crippen LogP contribution in [0.1, 0.15) is 12.5 Å². The summed E-state index contributed by atoms with van der Waals surface area (Å²) in [4.78, 5) is 24.0. The van der Waals surface area contributed by atoms with Gasteiger partial charge in [0, 0.05) is 11.8 Å². The van der Waals surface area contributed by atoms with Crippen molar-refractivity contribution in [3.8, 4) is 0 Å². The molecule has 112 valence electrons. The molecule has 0 spiro atoms. The van der Waals surface area contributed by atoms with E-state index in [4.69, 9.17) is 15.6 Å². The molecule has 1 aliphatic rings. The fraction of sp³-hybridized carbons (Fsp3) is 0.333. The lowest BCUT2D eigenvalue weighted by atomic mass is 9.96. The average Bonchev–Trinajstić information content (AvgIpc) is 2.41. The van der Waals surface area contributed by atoms with Gasteiger partial charge in [-0.2, -0.15) is 0 Å². The van der Waals surface area contributed by atoms with E-state index < -0.39 is 11.6 Å². The lowest BCUT2D eigenvalue weighted by Gasteiger charge is -2.46. The Labute approximate surface area is 122 Å². The number of carbonyl (C=O) groups is 2. The van der Waals surface area contributed by atoms with Crippen molar-refractivity contribution in [1.29, 1.82) is 0 Å². The maximum atomic E-state index is 11.9. The molecule has 1 fully saturated rings. The van der Waals surface area contributed by atoms with E-state index in [0.29, 0.717) is 18.8 Å². The number of nitrogens with two attached hydrogens (primary N) is 1. The first kappa shape index (κ1) is 15.1. The fourth-order valence-corrected chi connectivity index (χ4v) is 2.12. The monoisotopic (exact) mass is 290 g/mol. The molecule has 21 heavy (non-hydrogen) atoms. The Bertz CT molecular complexity index is 560. The molecule has 6 heteroatoms. The van der Waals surface area contributed by atoms with Crippen LogP contribution in [0.15, 0.2) is 30.3 Å². The quantitative estimate of drug-likeness (QED) is 0.623. The van der Waals surface area contributed by atoms with Gasteiger partial charge in [-0.3, -0.25) is 4.79 Å². The molecule has 1 heterocycles. The van der Waals surface area contributed by atoms with Gasteiger partial charge in [0.2, 0.25) is 5.91 Å². The van der Waals surface area contributed by atoms with Crippen LogP contribution < -0.4 is 5.73 Å². The van der Waals surface area contributed by atoms with E-state index in [0.717, 1.165) is 5.56 Å². The summed E-state index contributed by atoms with van der Waals surface area (Å²) in [6.45, 7) is 2.24. The molecule has 1 saturated heterocycles. The first-order chi connectivity index (χ1) is 9.88. The fourth-order valence-electron chi connectivity index (χ4n) is 2.12. The largest absolute Gasteiger partial charge is 0.480 e. The van der Waals surface area contributed by atoms with Gasteiger partial charge in [0.25, 0.3) is 0 Å². The van der Waals surface area contributed by atoms with E-state index in [1.165, 1.54) is 6.08 Å². The van der Waals surface area contributed by atoms with Crippen molar-refractivity contribution in [1.82, 2.24) is 4.90 Å². The number of nitrogens with zero attached hydrogens (tertiary/aromatic N) is 1. The van der Waals surface area contributed by atoms with Crippen LogP contribution in [0.4, 0.5) is 5.69 Å². The summed E-state index contributed by atoms with van der Waals surface area (Å²) in [7, 11) is 0. The summed E-state index contributed by atoms with van der Waals surface area (Å²) < 4.78 is 5.25. The van der Waals surface area contributed by atoms with Gasteiger partial charge in [-0.1, -0.05) is 12.1 Å². The van der Waals surface area contributed by atoms with Gasteiger partial charge in [-0.05, 0) is 30.7 Å². The van der Waals surface area contributed by atoms with E-state index in [1.807, 2.05) is 12.1 Å². The molecule has 3 N–H and O–H groups in total. The minimum absolute atomic E-state index is 0.122. The van der Waals surface area contributed by atoms with Crippen LogP contribution >= 0.6 is 0 Å². The number of likely N-dealkylation sites (tertiary alicyclic amines) is 1. The smallest absolute Gasteiger partial charge is 0.329 e. The van der Waals surface area contributed by atoms with Gasteiger partial charge >= 0.3 is 5.97 Å². The predicted octanol–water partition coefficient (Wildman–Crippen LogP) is 0.984. The van der Waals surface area contributed by atoms with Crippen molar-refractivity contribution in [3.63, 3.8) is 0 Å². The maximum Gasteiger partial charge on any atom is 0.329 e. The number of hydrogen-bond acceptors (Lipinski definition) is 4. The second kappa shape index (κ2) is 5.97. The molecule has 6 nitrogen and oxygen atoms in total. The second-order valence-electron chi connectivity index (χ2n) is 5.33. The zero-order valence-electron chi connectivity index (χ0n) is 11.8. The van der Waals surface area contributed by atoms with Crippen molar-refractivity contribution < 1.29 is 19.4 Å². The zero-order chi connectivity index (χ0) is 15.5. The average molecular weight is 290 g/mol. The highest BCUT2D eigenvalue weighted by Crippen LogP contribution is 2.24. The normalized spacial score (nSPS) is 16.7. The van der Waals surface area contributed by atoms with Crippen molar-refractivity contribution in [2.45, 2.75) is 12.5 Å². The van der Waals surface area contributed by atoms with Gasteiger partial charge < -0.3 is 20.5 Å². The summed E-state index contributed by atoms with van der Waals surface area (Å²) in [5, 5.41) is 8.58. The van der Waals surface area contributed by atoms with Crippen molar-refractivity contribution in [3.05, 3.63) is 35.9 Å². The predicted molar refractivity (Wildman–Crippen MR) is 78.5 cm³/mol. The minimum atomic E-state index is -1.01. The third-order valence-electron chi connectivity index (χ3n) is 3.26. The highest BCUT2D eigenvalue weighted by molar-refractivity contribution is 5.92. The van der Waals surface area contributed by atoms with Gasteiger partial charge in [0.1, 0.15) is 12.2 Å². The Morgan fingerprint density at radius 2 is 2.00 bits per heavy atom. The molecular formula is C15H18N2O4. The number of benzene rings is 1. The molecule has 0 bridgehead atoms. The summed E-state index contributed by atoms with van der Waals surface area (Å²) in [5.74, 6) is -1.13. The van der Waals surface area contributed by atoms with Crippen LogP contribution in [-0.4, -0.2) is 47.2 Å². The van der Waals surface area contributed by atoms with Crippen molar-refractivity contribution in [2.75, 3.05) is 25.4 Å². The molecule has 0 unspecified atom stereocenters. The third-order valence-corrected chi connectivity index (χ3v) is 3.26.